The molecular formula is C15H31F2IOSi. The van der Waals surface area contributed by atoms with Crippen molar-refractivity contribution in [3.63, 3.8) is 0 Å². The lowest BCUT2D eigenvalue weighted by atomic mass is 10.1. The van der Waals surface area contributed by atoms with E-state index >= 15 is 0 Å². The van der Waals surface area contributed by atoms with Gasteiger partial charge in [0.05, 0.1) is 0 Å². The highest BCUT2D eigenvalue weighted by Crippen LogP contribution is 2.42. The van der Waals surface area contributed by atoms with Gasteiger partial charge in [0, 0.05) is 19.4 Å². The van der Waals surface area contributed by atoms with Crippen molar-refractivity contribution in [3.8, 4) is 0 Å². The molecule has 1 nitrogen and oxygen atoms in total. The minimum Gasteiger partial charge on any atom is -0.416 e. The van der Waals surface area contributed by atoms with Crippen LogP contribution < -0.4 is 0 Å². The van der Waals surface area contributed by atoms with Crippen LogP contribution in [0.25, 0.3) is 0 Å². The van der Waals surface area contributed by atoms with Crippen LogP contribution in [0.1, 0.15) is 60.8 Å². The molecule has 0 atom stereocenters. The molecule has 0 amide bonds. The summed E-state index contributed by atoms with van der Waals surface area (Å²) in [6, 6.07) is 0. The van der Waals surface area contributed by atoms with Gasteiger partial charge in [-0.15, -0.1) is 0 Å². The smallest absolute Gasteiger partial charge is 0.250 e. The maximum Gasteiger partial charge on any atom is 0.250 e. The van der Waals surface area contributed by atoms with E-state index in [0.717, 1.165) is 4.43 Å². The van der Waals surface area contributed by atoms with E-state index in [1.807, 2.05) is 0 Å². The summed E-state index contributed by atoms with van der Waals surface area (Å²) in [6.07, 6.45) is 0.429. The van der Waals surface area contributed by atoms with Gasteiger partial charge in [0.15, 0.2) is 8.32 Å². The number of rotatable bonds is 10. The Hall–Kier alpha value is 0.767. The van der Waals surface area contributed by atoms with Crippen LogP contribution in [0.3, 0.4) is 0 Å². The third-order valence-corrected chi connectivity index (χ3v) is 11.1. The maximum absolute atomic E-state index is 13.7. The van der Waals surface area contributed by atoms with Crippen LogP contribution >= 0.6 is 22.6 Å². The molecule has 0 rings (SSSR count). The quantitative estimate of drug-likeness (QED) is 0.225. The maximum atomic E-state index is 13.7. The second kappa shape index (κ2) is 9.03. The molecule has 0 aromatic rings. The van der Waals surface area contributed by atoms with Gasteiger partial charge >= 0.3 is 0 Å². The second-order valence-electron chi connectivity index (χ2n) is 6.56. The van der Waals surface area contributed by atoms with Gasteiger partial charge in [-0.3, -0.25) is 0 Å². The predicted octanol–water partition coefficient (Wildman–Crippen LogP) is 6.42. The van der Waals surface area contributed by atoms with Crippen molar-refractivity contribution < 1.29 is 13.2 Å². The molecule has 0 saturated carbocycles. The fourth-order valence-electron chi connectivity index (χ4n) is 3.33. The molecule has 0 aliphatic carbocycles. The Bertz CT molecular complexity index is 249. The summed E-state index contributed by atoms with van der Waals surface area (Å²) in [5.41, 5.74) is 1.35. The summed E-state index contributed by atoms with van der Waals surface area (Å²) in [4.78, 5) is 0. The molecule has 0 unspecified atom stereocenters. The molecule has 0 aliphatic rings. The van der Waals surface area contributed by atoms with Crippen LogP contribution in [0.5, 0.6) is 0 Å². The lowest BCUT2D eigenvalue weighted by molar-refractivity contribution is -0.0280. The molecule has 0 aromatic heterocycles. The fraction of sp³-hybridized carbons (Fsp3) is 1.00. The Morgan fingerprint density at radius 1 is 0.950 bits per heavy atom. The molecule has 0 saturated heterocycles. The van der Waals surface area contributed by atoms with Crippen LogP contribution in [0, 0.1) is 0 Å². The van der Waals surface area contributed by atoms with Crippen molar-refractivity contribution in [2.24, 2.45) is 0 Å². The van der Waals surface area contributed by atoms with E-state index in [2.05, 4.69) is 64.1 Å². The van der Waals surface area contributed by atoms with Crippen LogP contribution in [0.4, 0.5) is 8.78 Å². The van der Waals surface area contributed by atoms with Gasteiger partial charge in [-0.2, -0.15) is 0 Å². The van der Waals surface area contributed by atoms with E-state index in [1.165, 1.54) is 0 Å². The second-order valence-corrected chi connectivity index (χ2v) is 13.1. The molecule has 0 spiro atoms. The van der Waals surface area contributed by atoms with Gasteiger partial charge in [0.1, 0.15) is 0 Å². The first-order valence-corrected chi connectivity index (χ1v) is 11.3. The molecule has 20 heavy (non-hydrogen) atoms. The van der Waals surface area contributed by atoms with Gasteiger partial charge in [0.25, 0.3) is 0 Å². The lowest BCUT2D eigenvalue weighted by Gasteiger charge is -2.42. The predicted molar refractivity (Wildman–Crippen MR) is 94.7 cm³/mol. The third-order valence-electron chi connectivity index (χ3n) is 4.20. The highest BCUT2D eigenvalue weighted by atomic mass is 127. The van der Waals surface area contributed by atoms with E-state index in [0.29, 0.717) is 23.0 Å². The Kier molecular flexibility index (Phi) is 9.38. The SMILES string of the molecule is CC(C)[Si](OCCC(F)(F)CCCI)(C(C)C)C(C)C. The molecule has 0 heterocycles. The normalized spacial score (nSPS) is 13.8. The van der Waals surface area contributed by atoms with Crippen LogP contribution in [-0.4, -0.2) is 25.3 Å². The summed E-state index contributed by atoms with van der Waals surface area (Å²) in [5, 5.41) is 0. The van der Waals surface area contributed by atoms with Gasteiger partial charge < -0.3 is 4.43 Å². The van der Waals surface area contributed by atoms with Crippen molar-refractivity contribution in [1.82, 2.24) is 0 Å². The summed E-state index contributed by atoms with van der Waals surface area (Å²) in [5.74, 6) is -2.57. The Morgan fingerprint density at radius 3 is 1.75 bits per heavy atom. The molecule has 0 radical (unpaired) electrons. The lowest BCUT2D eigenvalue weighted by Crippen LogP contribution is -2.48. The average molecular weight is 420 g/mol. The van der Waals surface area contributed by atoms with Crippen molar-refractivity contribution in [2.45, 2.75) is 83.4 Å². The Morgan fingerprint density at radius 2 is 1.40 bits per heavy atom. The van der Waals surface area contributed by atoms with Crippen LogP contribution in [-0.2, 0) is 4.43 Å². The van der Waals surface area contributed by atoms with Crippen molar-refractivity contribution >= 4 is 30.9 Å². The third kappa shape index (κ3) is 5.87. The van der Waals surface area contributed by atoms with Crippen LogP contribution in [0.15, 0.2) is 0 Å². The zero-order chi connectivity index (χ0) is 16.0. The average Bonchev–Trinajstić information content (AvgIpc) is 2.30. The molecule has 122 valence electrons. The number of hydrogen-bond acceptors (Lipinski definition) is 1. The van der Waals surface area contributed by atoms with Gasteiger partial charge in [-0.05, 0) is 27.5 Å². The fourth-order valence-corrected chi connectivity index (χ4v) is 9.16. The molecular weight excluding hydrogens is 389 g/mol. The molecule has 0 bridgehead atoms. The zero-order valence-corrected chi connectivity index (χ0v) is 17.0. The first-order chi connectivity index (χ1) is 9.10. The Labute approximate surface area is 138 Å². The van der Waals surface area contributed by atoms with E-state index < -0.39 is 14.2 Å². The first-order valence-electron chi connectivity index (χ1n) is 7.68. The zero-order valence-electron chi connectivity index (χ0n) is 13.8. The minimum atomic E-state index is -2.57. The molecule has 0 aliphatic heterocycles. The van der Waals surface area contributed by atoms with Crippen molar-refractivity contribution in [2.75, 3.05) is 11.0 Å². The summed E-state index contributed by atoms with van der Waals surface area (Å²) in [7, 11) is -1.99. The number of halogens is 3. The minimum absolute atomic E-state index is 0.0150. The van der Waals surface area contributed by atoms with E-state index in [1.54, 1.807) is 0 Å². The molecule has 0 N–H and O–H groups in total. The van der Waals surface area contributed by atoms with E-state index in [4.69, 9.17) is 4.43 Å². The van der Waals surface area contributed by atoms with Gasteiger partial charge in [0.2, 0.25) is 5.92 Å². The summed E-state index contributed by atoms with van der Waals surface area (Å²) < 4.78 is 34.4. The Balaban J connectivity index is 4.64. The summed E-state index contributed by atoms with van der Waals surface area (Å²) >= 11 is 2.15. The van der Waals surface area contributed by atoms with Crippen molar-refractivity contribution in [1.29, 1.82) is 0 Å². The molecule has 0 fully saturated rings. The van der Waals surface area contributed by atoms with E-state index in [-0.39, 0.29) is 19.4 Å². The topological polar surface area (TPSA) is 9.23 Å². The van der Waals surface area contributed by atoms with Crippen LogP contribution in [0.2, 0.25) is 16.6 Å². The first kappa shape index (κ1) is 20.8. The van der Waals surface area contributed by atoms with Crippen molar-refractivity contribution in [3.05, 3.63) is 0 Å². The highest BCUT2D eigenvalue weighted by Gasteiger charge is 2.45. The van der Waals surface area contributed by atoms with Gasteiger partial charge in [-0.25, -0.2) is 8.78 Å². The highest BCUT2D eigenvalue weighted by molar-refractivity contribution is 14.1. The molecule has 5 heteroatoms. The standard InChI is InChI=1S/C15H31F2IOSi/c1-12(2)20(13(3)4,14(5)6)19-11-9-15(16,17)8-7-10-18/h12-14H,7-11H2,1-6H3. The van der Waals surface area contributed by atoms with Gasteiger partial charge in [-0.1, -0.05) is 64.1 Å². The number of alkyl halides is 3. The van der Waals surface area contributed by atoms with E-state index in [9.17, 15) is 8.78 Å². The largest absolute Gasteiger partial charge is 0.416 e. The number of hydrogen-bond donors (Lipinski definition) is 0. The monoisotopic (exact) mass is 420 g/mol. The summed E-state index contributed by atoms with van der Waals surface area (Å²) in [6.45, 7) is 13.3. The molecule has 0 aromatic carbocycles.